The van der Waals surface area contributed by atoms with Gasteiger partial charge in [0.2, 0.25) is 0 Å². The number of benzene rings is 1. The molecule has 1 fully saturated rings. The lowest BCUT2D eigenvalue weighted by Gasteiger charge is -2.36. The van der Waals surface area contributed by atoms with Gasteiger partial charge >= 0.3 is 5.88 Å². The molecule has 1 aliphatic heterocycles. The first-order valence-corrected chi connectivity index (χ1v) is 10.7. The molecule has 1 saturated heterocycles. The Morgan fingerprint density at radius 1 is 1.26 bits per heavy atom. The predicted molar refractivity (Wildman–Crippen MR) is 121 cm³/mol. The summed E-state index contributed by atoms with van der Waals surface area (Å²) in [5, 5.41) is 21.6. The maximum Gasteiger partial charge on any atom is 0.433 e. The van der Waals surface area contributed by atoms with Gasteiger partial charge in [0.1, 0.15) is 22.1 Å². The second kappa shape index (κ2) is 10.1. The molecule has 0 radical (unpaired) electrons. The Morgan fingerprint density at radius 3 is 2.59 bits per heavy atom. The number of nitro groups is 1. The maximum atomic E-state index is 14.9. The number of rotatable bonds is 7. The molecule has 0 unspecified atom stereocenters. The van der Waals surface area contributed by atoms with E-state index in [2.05, 4.69) is 15.6 Å². The number of nitrogens with one attached hydrogen (secondary N) is 1. The van der Waals surface area contributed by atoms with Gasteiger partial charge < -0.3 is 19.4 Å². The van der Waals surface area contributed by atoms with E-state index in [0.717, 1.165) is 0 Å². The summed E-state index contributed by atoms with van der Waals surface area (Å²) in [6.07, 6.45) is 1.54. The number of hydrogen-bond donors (Lipinski definition) is 1. The van der Waals surface area contributed by atoms with E-state index in [9.17, 15) is 18.9 Å². The summed E-state index contributed by atoms with van der Waals surface area (Å²) in [4.78, 5) is 13.8. The van der Waals surface area contributed by atoms with Gasteiger partial charge in [-0.15, -0.1) is 5.10 Å². The van der Waals surface area contributed by atoms with Crippen LogP contribution >= 0.6 is 12.2 Å². The van der Waals surface area contributed by atoms with Crippen molar-refractivity contribution >= 4 is 29.0 Å². The molecule has 2 aromatic heterocycles. The predicted octanol–water partition coefficient (Wildman–Crippen LogP) is 2.39. The van der Waals surface area contributed by atoms with Gasteiger partial charge in [-0.3, -0.25) is 15.0 Å². The summed E-state index contributed by atoms with van der Waals surface area (Å²) >= 11 is 4.89. The SMILES string of the molecule is COC(=S)NCc1cn(-c2cc(F)c(N3CCN(Cc4ccc([N+](=O)[O-])o4)CC3)c(F)c2)nn1. The minimum absolute atomic E-state index is 0.107. The lowest BCUT2D eigenvalue weighted by molar-refractivity contribution is -0.402. The number of halogens is 2. The van der Waals surface area contributed by atoms with Gasteiger partial charge in [0.05, 0.1) is 38.1 Å². The van der Waals surface area contributed by atoms with Crippen molar-refractivity contribution in [3.8, 4) is 5.69 Å². The van der Waals surface area contributed by atoms with Crippen LogP contribution in [-0.4, -0.2) is 63.3 Å². The first-order valence-electron chi connectivity index (χ1n) is 10.3. The molecule has 0 atom stereocenters. The molecule has 1 aromatic carbocycles. The van der Waals surface area contributed by atoms with Crippen LogP contribution in [0.1, 0.15) is 11.5 Å². The van der Waals surface area contributed by atoms with E-state index in [1.165, 1.54) is 36.2 Å². The first kappa shape index (κ1) is 23.5. The molecule has 4 rings (SSSR count). The van der Waals surface area contributed by atoms with Gasteiger partial charge in [-0.25, -0.2) is 13.5 Å². The molecule has 11 nitrogen and oxygen atoms in total. The van der Waals surface area contributed by atoms with Crippen LogP contribution in [0.15, 0.2) is 34.9 Å². The second-order valence-corrected chi connectivity index (χ2v) is 7.89. The van der Waals surface area contributed by atoms with E-state index >= 15 is 0 Å². The lowest BCUT2D eigenvalue weighted by Crippen LogP contribution is -2.46. The zero-order valence-electron chi connectivity index (χ0n) is 18.1. The molecule has 0 saturated carbocycles. The van der Waals surface area contributed by atoms with Crippen molar-refractivity contribution < 1.29 is 22.9 Å². The number of methoxy groups -OCH3 is 1. The van der Waals surface area contributed by atoms with Crippen molar-refractivity contribution in [2.45, 2.75) is 13.1 Å². The fourth-order valence-electron chi connectivity index (χ4n) is 3.63. The molecule has 0 aliphatic carbocycles. The Balaban J connectivity index is 1.39. The molecule has 0 bridgehead atoms. The third-order valence-electron chi connectivity index (χ3n) is 5.30. The van der Waals surface area contributed by atoms with Crippen LogP contribution < -0.4 is 10.2 Å². The number of nitrogens with zero attached hydrogens (tertiary/aromatic N) is 6. The topological polar surface area (TPSA) is 115 Å². The lowest BCUT2D eigenvalue weighted by atomic mass is 10.2. The van der Waals surface area contributed by atoms with Gasteiger partial charge in [-0.05, 0) is 18.3 Å². The summed E-state index contributed by atoms with van der Waals surface area (Å²) in [6.45, 7) is 2.43. The molecular formula is C20H21F2N7O4S. The zero-order chi connectivity index (χ0) is 24.2. The highest BCUT2D eigenvalue weighted by molar-refractivity contribution is 7.80. The van der Waals surface area contributed by atoms with Crippen molar-refractivity contribution in [1.29, 1.82) is 0 Å². The van der Waals surface area contributed by atoms with Gasteiger partial charge in [0, 0.05) is 38.3 Å². The number of thiocarbonyl (C=S) groups is 1. The largest absolute Gasteiger partial charge is 0.474 e. The van der Waals surface area contributed by atoms with Crippen LogP contribution in [0, 0.1) is 21.7 Å². The number of ether oxygens (including phenoxy) is 1. The highest BCUT2D eigenvalue weighted by Gasteiger charge is 2.24. The minimum atomic E-state index is -0.708. The Morgan fingerprint density at radius 2 is 1.97 bits per heavy atom. The van der Waals surface area contributed by atoms with Crippen LogP contribution in [-0.2, 0) is 17.8 Å². The number of furan rings is 1. The van der Waals surface area contributed by atoms with Crippen molar-refractivity contribution in [2.24, 2.45) is 0 Å². The zero-order valence-corrected chi connectivity index (χ0v) is 18.9. The third kappa shape index (κ3) is 5.28. The van der Waals surface area contributed by atoms with E-state index in [0.29, 0.717) is 44.2 Å². The van der Waals surface area contributed by atoms with Crippen LogP contribution in [0.2, 0.25) is 0 Å². The summed E-state index contributed by atoms with van der Waals surface area (Å²) in [5.41, 5.74) is 0.608. The average Bonchev–Trinajstić information content (AvgIpc) is 3.48. The van der Waals surface area contributed by atoms with Gasteiger partial charge in [0.25, 0.3) is 5.17 Å². The molecule has 1 aliphatic rings. The highest BCUT2D eigenvalue weighted by atomic mass is 32.1. The second-order valence-electron chi connectivity index (χ2n) is 7.52. The van der Waals surface area contributed by atoms with E-state index in [1.54, 1.807) is 11.0 Å². The molecule has 180 valence electrons. The number of anilines is 1. The quantitative estimate of drug-likeness (QED) is 0.299. The first-order chi connectivity index (χ1) is 16.3. The van der Waals surface area contributed by atoms with Crippen molar-refractivity contribution in [3.63, 3.8) is 0 Å². The number of piperazine rings is 1. The monoisotopic (exact) mass is 493 g/mol. The molecule has 0 amide bonds. The van der Waals surface area contributed by atoms with Crippen molar-refractivity contribution in [2.75, 3.05) is 38.2 Å². The maximum absolute atomic E-state index is 14.9. The van der Waals surface area contributed by atoms with E-state index in [-0.39, 0.29) is 29.0 Å². The van der Waals surface area contributed by atoms with Crippen molar-refractivity contribution in [3.05, 3.63) is 63.7 Å². The summed E-state index contributed by atoms with van der Waals surface area (Å²) < 4.78 is 41.2. The normalized spacial score (nSPS) is 14.3. The van der Waals surface area contributed by atoms with Crippen LogP contribution in [0.4, 0.5) is 20.4 Å². The fourth-order valence-corrected chi connectivity index (χ4v) is 3.70. The summed E-state index contributed by atoms with van der Waals surface area (Å²) in [7, 11) is 1.44. The standard InChI is InChI=1S/C20H21F2N7O4S/c1-32-20(34)23-10-13-11-28(25-24-13)14-8-16(21)19(17(22)9-14)27-6-4-26(5-7-27)12-15-2-3-18(33-15)29(30)31/h2-3,8-9,11H,4-7,10,12H2,1H3,(H,23,34). The number of hydrogen-bond acceptors (Lipinski definition) is 9. The van der Waals surface area contributed by atoms with E-state index < -0.39 is 16.6 Å². The Bertz CT molecular complexity index is 1170. The molecule has 1 N–H and O–H groups in total. The minimum Gasteiger partial charge on any atom is -0.474 e. The molecular weight excluding hydrogens is 472 g/mol. The molecule has 0 spiro atoms. The van der Waals surface area contributed by atoms with Gasteiger partial charge in [0.15, 0.2) is 11.6 Å². The molecule has 14 heteroatoms. The molecule has 3 heterocycles. The fraction of sp³-hybridized carbons (Fsp3) is 0.350. The van der Waals surface area contributed by atoms with Crippen LogP contribution in [0.3, 0.4) is 0 Å². The van der Waals surface area contributed by atoms with Crippen molar-refractivity contribution in [1.82, 2.24) is 25.2 Å². The van der Waals surface area contributed by atoms with Crippen LogP contribution in [0.25, 0.3) is 5.69 Å². The summed E-state index contributed by atoms with van der Waals surface area (Å²) in [6, 6.07) is 5.28. The van der Waals surface area contributed by atoms with E-state index in [1.807, 2.05) is 4.90 Å². The van der Waals surface area contributed by atoms with Gasteiger partial charge in [-0.1, -0.05) is 5.21 Å². The van der Waals surface area contributed by atoms with Gasteiger partial charge in [-0.2, -0.15) is 0 Å². The average molecular weight is 493 g/mol. The Hall–Kier alpha value is -3.65. The van der Waals surface area contributed by atoms with Crippen LogP contribution in [0.5, 0.6) is 0 Å². The van der Waals surface area contributed by atoms with E-state index in [4.69, 9.17) is 21.4 Å². The smallest absolute Gasteiger partial charge is 0.433 e. The Labute approximate surface area is 198 Å². The molecule has 3 aromatic rings. The highest BCUT2D eigenvalue weighted by Crippen LogP contribution is 2.28. The summed E-state index contributed by atoms with van der Waals surface area (Å²) in [5.74, 6) is -1.26. The number of aromatic nitrogens is 3. The third-order valence-corrected chi connectivity index (χ3v) is 5.61. The Kier molecular flexibility index (Phi) is 6.98. The molecule has 34 heavy (non-hydrogen) atoms.